The van der Waals surface area contributed by atoms with Crippen LogP contribution < -0.4 is 5.32 Å². The number of rotatable bonds is 2. The van der Waals surface area contributed by atoms with E-state index < -0.39 is 5.82 Å². The predicted octanol–water partition coefficient (Wildman–Crippen LogP) is 5.19. The largest absolute Gasteiger partial charge is 0.337 e. The first-order valence-electron chi connectivity index (χ1n) is 4.56. The van der Waals surface area contributed by atoms with Crippen molar-refractivity contribution < 1.29 is 4.39 Å². The summed E-state index contributed by atoms with van der Waals surface area (Å²) in [5, 5.41) is 3.44. The molecule has 94 valence electrons. The standard InChI is InChI=1S/C10H4Br2Cl2FN3/c11-5-1-4(15)2-6(13)8(5)18-10-7(12)9(14)16-3-17-10/h1-3H,(H,16,17,18). The average molecular weight is 416 g/mol. The van der Waals surface area contributed by atoms with Gasteiger partial charge in [-0.15, -0.1) is 0 Å². The van der Waals surface area contributed by atoms with Crippen molar-refractivity contribution in [1.29, 1.82) is 0 Å². The van der Waals surface area contributed by atoms with E-state index in [4.69, 9.17) is 23.2 Å². The number of aromatic nitrogens is 2. The quantitative estimate of drug-likeness (QED) is 0.686. The Balaban J connectivity index is 2.43. The van der Waals surface area contributed by atoms with Crippen molar-refractivity contribution in [2.45, 2.75) is 0 Å². The molecule has 1 heterocycles. The average Bonchev–Trinajstić information content (AvgIpc) is 2.28. The number of halogens is 5. The number of benzene rings is 1. The van der Waals surface area contributed by atoms with Crippen LogP contribution in [0, 0.1) is 5.82 Å². The molecule has 3 nitrogen and oxygen atoms in total. The molecule has 0 saturated carbocycles. The van der Waals surface area contributed by atoms with Crippen LogP contribution in [0.2, 0.25) is 10.2 Å². The molecule has 0 aliphatic carbocycles. The van der Waals surface area contributed by atoms with Gasteiger partial charge in [0.15, 0.2) is 0 Å². The third-order valence-electron chi connectivity index (χ3n) is 2.00. The van der Waals surface area contributed by atoms with Crippen LogP contribution in [0.15, 0.2) is 27.4 Å². The maximum atomic E-state index is 13.1. The molecular formula is C10H4Br2Cl2FN3. The van der Waals surface area contributed by atoms with Crippen molar-refractivity contribution in [3.63, 3.8) is 0 Å². The van der Waals surface area contributed by atoms with Crippen LogP contribution in [0.1, 0.15) is 0 Å². The van der Waals surface area contributed by atoms with Gasteiger partial charge in [-0.05, 0) is 44.0 Å². The lowest BCUT2D eigenvalue weighted by Gasteiger charge is -2.11. The fourth-order valence-corrected chi connectivity index (χ4v) is 2.55. The highest BCUT2D eigenvalue weighted by Gasteiger charge is 2.12. The molecule has 2 rings (SSSR count). The number of nitrogens with zero attached hydrogens (tertiary/aromatic N) is 2. The highest BCUT2D eigenvalue weighted by molar-refractivity contribution is 9.11. The molecule has 0 aliphatic rings. The van der Waals surface area contributed by atoms with Gasteiger partial charge in [-0.25, -0.2) is 14.4 Å². The Kier molecular flexibility index (Phi) is 4.42. The lowest BCUT2D eigenvalue weighted by Crippen LogP contribution is -1.98. The van der Waals surface area contributed by atoms with Crippen LogP contribution in [0.4, 0.5) is 15.9 Å². The summed E-state index contributed by atoms with van der Waals surface area (Å²) < 4.78 is 14.1. The van der Waals surface area contributed by atoms with Gasteiger partial charge in [0.25, 0.3) is 0 Å². The van der Waals surface area contributed by atoms with E-state index in [0.717, 1.165) is 0 Å². The smallest absolute Gasteiger partial charge is 0.149 e. The Morgan fingerprint density at radius 2 is 1.89 bits per heavy atom. The van der Waals surface area contributed by atoms with Crippen LogP contribution in [0.25, 0.3) is 0 Å². The normalized spacial score (nSPS) is 10.5. The zero-order valence-corrected chi connectivity index (χ0v) is 13.2. The number of hydrogen-bond donors (Lipinski definition) is 1. The van der Waals surface area contributed by atoms with E-state index in [0.29, 0.717) is 20.5 Å². The predicted molar refractivity (Wildman–Crippen MR) is 77.1 cm³/mol. The second-order valence-corrected chi connectivity index (χ2v) is 5.61. The zero-order chi connectivity index (χ0) is 13.3. The van der Waals surface area contributed by atoms with Crippen LogP contribution >= 0.6 is 55.1 Å². The summed E-state index contributed by atoms with van der Waals surface area (Å²) in [6, 6.07) is 2.50. The van der Waals surface area contributed by atoms with E-state index in [1.54, 1.807) is 0 Å². The molecule has 18 heavy (non-hydrogen) atoms. The Hall–Kier alpha value is -0.430. The zero-order valence-electron chi connectivity index (χ0n) is 8.52. The molecule has 0 radical (unpaired) electrons. The molecule has 0 unspecified atom stereocenters. The molecule has 0 fully saturated rings. The summed E-state index contributed by atoms with van der Waals surface area (Å²) in [6.07, 6.45) is 1.31. The van der Waals surface area contributed by atoms with Gasteiger partial charge in [-0.1, -0.05) is 23.2 Å². The first kappa shape index (κ1) is 14.0. The molecule has 0 saturated heterocycles. The second kappa shape index (κ2) is 5.69. The minimum Gasteiger partial charge on any atom is -0.337 e. The van der Waals surface area contributed by atoms with Crippen molar-refractivity contribution in [3.8, 4) is 0 Å². The van der Waals surface area contributed by atoms with E-state index in [-0.39, 0.29) is 10.2 Å². The molecule has 0 spiro atoms. The van der Waals surface area contributed by atoms with Crippen molar-refractivity contribution in [2.75, 3.05) is 5.32 Å². The van der Waals surface area contributed by atoms with Crippen molar-refractivity contribution >= 4 is 66.6 Å². The summed E-state index contributed by atoms with van der Waals surface area (Å²) in [5.41, 5.74) is 0.494. The molecule has 2 aromatic rings. The summed E-state index contributed by atoms with van der Waals surface area (Å²) >= 11 is 18.3. The van der Waals surface area contributed by atoms with Gasteiger partial charge >= 0.3 is 0 Å². The maximum Gasteiger partial charge on any atom is 0.149 e. The van der Waals surface area contributed by atoms with Gasteiger partial charge in [0.05, 0.1) is 15.2 Å². The van der Waals surface area contributed by atoms with E-state index in [1.807, 2.05) is 0 Å². The molecule has 0 atom stereocenters. The van der Waals surface area contributed by atoms with E-state index in [1.165, 1.54) is 18.5 Å². The van der Waals surface area contributed by atoms with Crippen LogP contribution in [-0.2, 0) is 0 Å². The van der Waals surface area contributed by atoms with Gasteiger partial charge in [0.2, 0.25) is 0 Å². The minimum absolute atomic E-state index is 0.225. The van der Waals surface area contributed by atoms with Crippen LogP contribution in [0.5, 0.6) is 0 Å². The molecule has 0 aliphatic heterocycles. The highest BCUT2D eigenvalue weighted by Crippen LogP contribution is 2.36. The highest BCUT2D eigenvalue weighted by atomic mass is 79.9. The Bertz CT molecular complexity index is 587. The second-order valence-electron chi connectivity index (χ2n) is 3.20. The molecule has 1 aromatic heterocycles. The summed E-state index contributed by atoms with van der Waals surface area (Å²) in [6.45, 7) is 0. The number of anilines is 2. The Morgan fingerprint density at radius 1 is 1.17 bits per heavy atom. The summed E-state index contributed by atoms with van der Waals surface area (Å²) in [4.78, 5) is 7.81. The summed E-state index contributed by atoms with van der Waals surface area (Å²) in [5.74, 6) is 0.00131. The molecule has 0 amide bonds. The van der Waals surface area contributed by atoms with Gasteiger partial charge < -0.3 is 5.32 Å². The minimum atomic E-state index is -0.433. The molecule has 1 N–H and O–H groups in total. The van der Waals surface area contributed by atoms with E-state index in [2.05, 4.69) is 47.1 Å². The molecular weight excluding hydrogens is 412 g/mol. The van der Waals surface area contributed by atoms with Gasteiger partial charge in [-0.2, -0.15) is 0 Å². The SMILES string of the molecule is Fc1cc(Cl)c(Nc2ncnc(Cl)c2Br)c(Br)c1. The van der Waals surface area contributed by atoms with Gasteiger partial charge in [0.1, 0.15) is 23.1 Å². The lowest BCUT2D eigenvalue weighted by atomic mass is 10.3. The lowest BCUT2D eigenvalue weighted by molar-refractivity contribution is 0.627. The number of nitrogens with one attached hydrogen (secondary N) is 1. The van der Waals surface area contributed by atoms with Gasteiger partial charge in [-0.3, -0.25) is 0 Å². The van der Waals surface area contributed by atoms with Crippen LogP contribution in [0.3, 0.4) is 0 Å². The fourth-order valence-electron chi connectivity index (χ4n) is 1.22. The van der Waals surface area contributed by atoms with E-state index in [9.17, 15) is 4.39 Å². The first-order valence-corrected chi connectivity index (χ1v) is 6.91. The molecule has 0 bridgehead atoms. The monoisotopic (exact) mass is 413 g/mol. The fraction of sp³-hybridized carbons (Fsp3) is 0. The first-order chi connectivity index (χ1) is 8.49. The Labute approximate surface area is 129 Å². The third-order valence-corrected chi connectivity index (χ3v) is 4.19. The molecule has 8 heteroatoms. The molecule has 1 aromatic carbocycles. The van der Waals surface area contributed by atoms with E-state index >= 15 is 0 Å². The van der Waals surface area contributed by atoms with Crippen molar-refractivity contribution in [3.05, 3.63) is 43.4 Å². The van der Waals surface area contributed by atoms with Crippen molar-refractivity contribution in [1.82, 2.24) is 9.97 Å². The summed E-state index contributed by atoms with van der Waals surface area (Å²) in [7, 11) is 0. The van der Waals surface area contributed by atoms with Crippen molar-refractivity contribution in [2.24, 2.45) is 0 Å². The Morgan fingerprint density at radius 3 is 2.56 bits per heavy atom. The topological polar surface area (TPSA) is 37.8 Å². The third kappa shape index (κ3) is 2.93. The van der Waals surface area contributed by atoms with Gasteiger partial charge in [0, 0.05) is 4.47 Å². The number of hydrogen-bond acceptors (Lipinski definition) is 3. The maximum absolute atomic E-state index is 13.1. The van der Waals surface area contributed by atoms with Crippen LogP contribution in [-0.4, -0.2) is 9.97 Å².